The van der Waals surface area contributed by atoms with Crippen molar-refractivity contribution in [1.82, 2.24) is 15.0 Å². The van der Waals surface area contributed by atoms with Crippen LogP contribution in [0.5, 0.6) is 0 Å². The average molecular weight is 295 g/mol. The van der Waals surface area contributed by atoms with Gasteiger partial charge in [0.2, 0.25) is 0 Å². The van der Waals surface area contributed by atoms with E-state index in [9.17, 15) is 13.2 Å². The van der Waals surface area contributed by atoms with E-state index >= 15 is 0 Å². The van der Waals surface area contributed by atoms with Crippen LogP contribution in [0.1, 0.15) is 36.6 Å². The van der Waals surface area contributed by atoms with Crippen LogP contribution in [0.2, 0.25) is 0 Å². The van der Waals surface area contributed by atoms with Crippen LogP contribution in [0.3, 0.4) is 0 Å². The highest BCUT2D eigenvalue weighted by Crippen LogP contribution is 2.58. The highest BCUT2D eigenvalue weighted by Gasteiger charge is 2.64. The molecule has 1 aromatic heterocycles. The second-order valence-corrected chi connectivity index (χ2v) is 5.54. The summed E-state index contributed by atoms with van der Waals surface area (Å²) < 4.78 is 40.8. The van der Waals surface area contributed by atoms with Gasteiger partial charge in [0.05, 0.1) is 17.7 Å². The monoisotopic (exact) mass is 295 g/mol. The third-order valence-corrected chi connectivity index (χ3v) is 4.09. The van der Waals surface area contributed by atoms with Crippen LogP contribution in [0, 0.1) is 0 Å². The Morgan fingerprint density at radius 1 is 1.19 bits per heavy atom. The number of aryl methyl sites for hydroxylation is 1. The predicted octanol–water partition coefficient (Wildman–Crippen LogP) is 3.48. The lowest BCUT2D eigenvalue weighted by Gasteiger charge is -2.19. The summed E-state index contributed by atoms with van der Waals surface area (Å²) in [6.45, 7) is 2.52. The number of rotatable bonds is 4. The Morgan fingerprint density at radius 3 is 2.33 bits per heavy atom. The Balaban J connectivity index is 1.76. The average Bonchev–Trinajstić information content (AvgIpc) is 3.15. The first kappa shape index (κ1) is 14.1. The topological polar surface area (TPSA) is 30.7 Å². The molecule has 0 atom stereocenters. The van der Waals surface area contributed by atoms with Gasteiger partial charge in [-0.25, -0.2) is 4.68 Å². The summed E-state index contributed by atoms with van der Waals surface area (Å²) in [7, 11) is 0. The van der Waals surface area contributed by atoms with Crippen molar-refractivity contribution in [2.45, 2.75) is 44.3 Å². The Bertz CT molecular complexity index is 624. The number of benzene rings is 1. The fourth-order valence-electron chi connectivity index (χ4n) is 2.55. The largest absolute Gasteiger partial charge is 0.398 e. The van der Waals surface area contributed by atoms with Crippen LogP contribution in [0.4, 0.5) is 13.2 Å². The molecule has 1 aliphatic carbocycles. The molecule has 2 aromatic rings. The third-order valence-electron chi connectivity index (χ3n) is 4.09. The quantitative estimate of drug-likeness (QED) is 0.864. The van der Waals surface area contributed by atoms with Gasteiger partial charge >= 0.3 is 6.18 Å². The molecule has 0 unspecified atom stereocenters. The van der Waals surface area contributed by atoms with Crippen LogP contribution in [0.25, 0.3) is 0 Å². The molecule has 0 saturated heterocycles. The second kappa shape index (κ2) is 4.86. The van der Waals surface area contributed by atoms with E-state index in [1.54, 1.807) is 28.9 Å². The minimum Gasteiger partial charge on any atom is -0.248 e. The number of hydrogen-bond acceptors (Lipinski definition) is 2. The standard InChI is InChI=1S/C15H16F3N3/c1-2-13-10-21(20-19-13)9-11-3-5-12(6-4-11)14(7-8-14)15(16,17)18/h3-6,10H,2,7-9H2,1H3. The maximum atomic E-state index is 13.0. The summed E-state index contributed by atoms with van der Waals surface area (Å²) >= 11 is 0. The van der Waals surface area contributed by atoms with E-state index in [-0.39, 0.29) is 12.8 Å². The fraction of sp³-hybridized carbons (Fsp3) is 0.467. The molecule has 0 N–H and O–H groups in total. The molecule has 21 heavy (non-hydrogen) atoms. The van der Waals surface area contributed by atoms with E-state index in [0.29, 0.717) is 12.1 Å². The van der Waals surface area contributed by atoms with Gasteiger partial charge in [0.15, 0.2) is 0 Å². The molecule has 1 aromatic carbocycles. The number of alkyl halides is 3. The van der Waals surface area contributed by atoms with Crippen molar-refractivity contribution in [1.29, 1.82) is 0 Å². The molecule has 1 aliphatic rings. The second-order valence-electron chi connectivity index (χ2n) is 5.54. The molecule has 1 heterocycles. The van der Waals surface area contributed by atoms with Gasteiger partial charge in [0, 0.05) is 6.20 Å². The zero-order valence-corrected chi connectivity index (χ0v) is 11.7. The van der Waals surface area contributed by atoms with Crippen molar-refractivity contribution in [2.24, 2.45) is 0 Å². The fourth-order valence-corrected chi connectivity index (χ4v) is 2.55. The molecule has 0 aliphatic heterocycles. The molecular formula is C15H16F3N3. The minimum atomic E-state index is -4.16. The summed E-state index contributed by atoms with van der Waals surface area (Å²) in [4.78, 5) is 0. The molecular weight excluding hydrogens is 279 g/mol. The molecule has 1 fully saturated rings. The van der Waals surface area contributed by atoms with E-state index in [2.05, 4.69) is 10.3 Å². The molecule has 3 rings (SSSR count). The summed E-state index contributed by atoms with van der Waals surface area (Å²) in [6.07, 6.45) is -1.10. The number of nitrogens with zero attached hydrogens (tertiary/aromatic N) is 3. The molecule has 0 bridgehead atoms. The number of halogens is 3. The molecule has 3 nitrogen and oxygen atoms in total. The van der Waals surface area contributed by atoms with Gasteiger partial charge in [-0.15, -0.1) is 5.10 Å². The summed E-state index contributed by atoms with van der Waals surface area (Å²) in [5.74, 6) is 0. The zero-order chi connectivity index (χ0) is 15.1. The Labute approximate surface area is 120 Å². The first-order valence-corrected chi connectivity index (χ1v) is 7.00. The van der Waals surface area contributed by atoms with E-state index in [1.807, 2.05) is 13.1 Å². The SMILES string of the molecule is CCc1cn(Cc2ccc(C3(C(F)(F)F)CC3)cc2)nn1. The highest BCUT2D eigenvalue weighted by molar-refractivity contribution is 5.35. The number of aromatic nitrogens is 3. The van der Waals surface area contributed by atoms with Gasteiger partial charge in [-0.2, -0.15) is 13.2 Å². The Kier molecular flexibility index (Phi) is 3.26. The zero-order valence-electron chi connectivity index (χ0n) is 11.7. The van der Waals surface area contributed by atoms with Gasteiger partial charge in [-0.1, -0.05) is 36.4 Å². The summed E-state index contributed by atoms with van der Waals surface area (Å²) in [6, 6.07) is 6.67. The third kappa shape index (κ3) is 2.54. The molecule has 0 amide bonds. The minimum absolute atomic E-state index is 0.193. The van der Waals surface area contributed by atoms with Gasteiger partial charge in [0.25, 0.3) is 0 Å². The first-order chi connectivity index (χ1) is 9.94. The molecule has 0 spiro atoms. The van der Waals surface area contributed by atoms with Gasteiger partial charge in [-0.05, 0) is 30.4 Å². The summed E-state index contributed by atoms with van der Waals surface area (Å²) in [5, 5.41) is 7.99. The van der Waals surface area contributed by atoms with Crippen molar-refractivity contribution in [3.05, 3.63) is 47.3 Å². The van der Waals surface area contributed by atoms with Crippen LogP contribution >= 0.6 is 0 Å². The normalized spacial score (nSPS) is 17.0. The van der Waals surface area contributed by atoms with Crippen molar-refractivity contribution in [3.63, 3.8) is 0 Å². The van der Waals surface area contributed by atoms with Gasteiger partial charge < -0.3 is 0 Å². The van der Waals surface area contributed by atoms with E-state index in [1.165, 1.54) is 0 Å². The van der Waals surface area contributed by atoms with Gasteiger partial charge in [-0.3, -0.25) is 0 Å². The Morgan fingerprint density at radius 2 is 1.86 bits per heavy atom. The van der Waals surface area contributed by atoms with E-state index in [4.69, 9.17) is 0 Å². The van der Waals surface area contributed by atoms with Crippen LogP contribution < -0.4 is 0 Å². The highest BCUT2D eigenvalue weighted by atomic mass is 19.4. The van der Waals surface area contributed by atoms with Crippen LogP contribution in [-0.2, 0) is 18.4 Å². The van der Waals surface area contributed by atoms with Crippen molar-refractivity contribution >= 4 is 0 Å². The number of hydrogen-bond donors (Lipinski definition) is 0. The van der Waals surface area contributed by atoms with Crippen molar-refractivity contribution in [2.75, 3.05) is 0 Å². The van der Waals surface area contributed by atoms with E-state index in [0.717, 1.165) is 17.7 Å². The molecule has 112 valence electrons. The van der Waals surface area contributed by atoms with Gasteiger partial charge in [0.1, 0.15) is 0 Å². The van der Waals surface area contributed by atoms with Crippen molar-refractivity contribution in [3.8, 4) is 0 Å². The maximum absolute atomic E-state index is 13.0. The molecule has 6 heteroatoms. The molecule has 0 radical (unpaired) electrons. The lowest BCUT2D eigenvalue weighted by molar-refractivity contribution is -0.160. The van der Waals surface area contributed by atoms with E-state index < -0.39 is 11.6 Å². The van der Waals surface area contributed by atoms with Crippen molar-refractivity contribution < 1.29 is 13.2 Å². The summed E-state index contributed by atoms with van der Waals surface area (Å²) in [5.41, 5.74) is 0.588. The maximum Gasteiger partial charge on any atom is 0.398 e. The van der Waals surface area contributed by atoms with Crippen LogP contribution in [-0.4, -0.2) is 21.2 Å². The Hall–Kier alpha value is -1.85. The van der Waals surface area contributed by atoms with Crippen LogP contribution in [0.15, 0.2) is 30.5 Å². The molecule has 1 saturated carbocycles. The smallest absolute Gasteiger partial charge is 0.248 e. The predicted molar refractivity (Wildman–Crippen MR) is 71.9 cm³/mol. The first-order valence-electron chi connectivity index (χ1n) is 7.00. The lowest BCUT2D eigenvalue weighted by Crippen LogP contribution is -2.28. The lowest BCUT2D eigenvalue weighted by atomic mass is 9.94.